The molecule has 1 aromatic carbocycles. The van der Waals surface area contributed by atoms with E-state index >= 15 is 0 Å². The van der Waals surface area contributed by atoms with E-state index in [-0.39, 0.29) is 11.7 Å². The van der Waals surface area contributed by atoms with Gasteiger partial charge in [-0.05, 0) is 62.9 Å². The van der Waals surface area contributed by atoms with Crippen molar-refractivity contribution in [3.8, 4) is 22.5 Å². The summed E-state index contributed by atoms with van der Waals surface area (Å²) in [7, 11) is 0. The van der Waals surface area contributed by atoms with E-state index in [0.29, 0.717) is 12.2 Å². The third-order valence-corrected chi connectivity index (χ3v) is 6.77. The van der Waals surface area contributed by atoms with Gasteiger partial charge in [-0.1, -0.05) is 31.9 Å². The van der Waals surface area contributed by atoms with Crippen LogP contribution in [0.2, 0.25) is 0 Å². The van der Waals surface area contributed by atoms with Crippen molar-refractivity contribution in [3.05, 3.63) is 66.1 Å². The standard InChI is InChI=1S/C29H33N5O2/c1-18-14-22(7-8-23(18)27(35)19(2)13-20-5-6-20)26-16-31-28-25(32-17-29(3,4)36)15-24(33-34(26)28)21-9-11-30-12-10-21/h7-12,14-16,19-20,32,36H,5-6,13,17H2,1-4H3. The fourth-order valence-electron chi connectivity index (χ4n) is 4.60. The van der Waals surface area contributed by atoms with Gasteiger partial charge in [0.25, 0.3) is 0 Å². The third-order valence-electron chi connectivity index (χ3n) is 6.77. The second-order valence-electron chi connectivity index (χ2n) is 10.7. The highest BCUT2D eigenvalue weighted by Gasteiger charge is 2.28. The molecule has 0 aliphatic heterocycles. The lowest BCUT2D eigenvalue weighted by molar-refractivity contribution is 0.0918. The molecule has 1 unspecified atom stereocenters. The first-order valence-electron chi connectivity index (χ1n) is 12.6. The molecular weight excluding hydrogens is 450 g/mol. The Hall–Kier alpha value is -3.58. The molecule has 7 nitrogen and oxygen atoms in total. The summed E-state index contributed by atoms with van der Waals surface area (Å²) in [5.74, 6) is 0.994. The molecule has 0 bridgehead atoms. The van der Waals surface area contributed by atoms with Gasteiger partial charge in [-0.15, -0.1) is 0 Å². The number of rotatable bonds is 9. The monoisotopic (exact) mass is 483 g/mol. The maximum atomic E-state index is 13.1. The maximum absolute atomic E-state index is 13.1. The number of pyridine rings is 1. The molecule has 7 heteroatoms. The molecule has 1 aliphatic carbocycles. The van der Waals surface area contributed by atoms with Gasteiger partial charge in [0, 0.05) is 41.5 Å². The molecule has 0 radical (unpaired) electrons. The van der Waals surface area contributed by atoms with Gasteiger partial charge in [0.1, 0.15) is 0 Å². The van der Waals surface area contributed by atoms with Crippen molar-refractivity contribution in [2.45, 2.75) is 52.6 Å². The molecular formula is C29H33N5O2. The first-order valence-corrected chi connectivity index (χ1v) is 12.6. The van der Waals surface area contributed by atoms with E-state index in [1.165, 1.54) is 12.8 Å². The normalized spacial score (nSPS) is 14.7. The summed E-state index contributed by atoms with van der Waals surface area (Å²) in [5, 5.41) is 18.5. The van der Waals surface area contributed by atoms with Crippen LogP contribution in [-0.2, 0) is 0 Å². The number of ketones is 1. The number of nitrogens with zero attached hydrogens (tertiary/aromatic N) is 4. The van der Waals surface area contributed by atoms with Crippen molar-refractivity contribution < 1.29 is 9.90 Å². The number of carbonyl (C=O) groups excluding carboxylic acids is 1. The SMILES string of the molecule is Cc1cc(-c2cnc3c(NCC(C)(C)O)cc(-c4ccncc4)nn23)ccc1C(=O)C(C)CC1CC1. The van der Waals surface area contributed by atoms with Gasteiger partial charge in [-0.2, -0.15) is 5.10 Å². The highest BCUT2D eigenvalue weighted by molar-refractivity contribution is 5.99. The predicted octanol–water partition coefficient (Wildman–Crippen LogP) is 5.57. The largest absolute Gasteiger partial charge is 0.389 e. The van der Waals surface area contributed by atoms with Gasteiger partial charge in [-0.3, -0.25) is 9.78 Å². The van der Waals surface area contributed by atoms with Crippen molar-refractivity contribution in [1.29, 1.82) is 0 Å². The topological polar surface area (TPSA) is 92.4 Å². The molecule has 3 aromatic heterocycles. The summed E-state index contributed by atoms with van der Waals surface area (Å²) in [4.78, 5) is 21.9. The Morgan fingerprint density at radius 1 is 1.17 bits per heavy atom. The number of imidazole rings is 1. The maximum Gasteiger partial charge on any atom is 0.177 e. The second kappa shape index (κ2) is 9.47. The average Bonchev–Trinajstić information content (AvgIpc) is 3.56. The minimum atomic E-state index is -0.886. The van der Waals surface area contributed by atoms with Gasteiger partial charge >= 0.3 is 0 Å². The number of hydrogen-bond donors (Lipinski definition) is 2. The Balaban J connectivity index is 1.54. The van der Waals surface area contributed by atoms with E-state index in [4.69, 9.17) is 5.10 Å². The van der Waals surface area contributed by atoms with E-state index in [9.17, 15) is 9.90 Å². The lowest BCUT2D eigenvalue weighted by Gasteiger charge is -2.19. The van der Waals surface area contributed by atoms with Crippen LogP contribution in [0.5, 0.6) is 0 Å². The highest BCUT2D eigenvalue weighted by atomic mass is 16.3. The van der Waals surface area contributed by atoms with Crippen LogP contribution in [0.3, 0.4) is 0 Å². The molecule has 186 valence electrons. The molecule has 3 heterocycles. The van der Waals surface area contributed by atoms with Crippen molar-refractivity contribution in [2.24, 2.45) is 11.8 Å². The number of fused-ring (bicyclic) bond motifs is 1. The van der Waals surface area contributed by atoms with Crippen molar-refractivity contribution in [2.75, 3.05) is 11.9 Å². The van der Waals surface area contributed by atoms with E-state index < -0.39 is 5.60 Å². The first kappa shape index (κ1) is 24.1. The van der Waals surface area contributed by atoms with Crippen molar-refractivity contribution >= 4 is 17.1 Å². The van der Waals surface area contributed by atoms with E-state index in [1.54, 1.807) is 32.4 Å². The Morgan fingerprint density at radius 2 is 1.92 bits per heavy atom. The zero-order valence-corrected chi connectivity index (χ0v) is 21.3. The summed E-state index contributed by atoms with van der Waals surface area (Å²) in [6.07, 6.45) is 8.78. The molecule has 0 amide bonds. The number of benzene rings is 1. The molecule has 0 spiro atoms. The van der Waals surface area contributed by atoms with Crippen LogP contribution < -0.4 is 5.32 Å². The predicted molar refractivity (Wildman–Crippen MR) is 142 cm³/mol. The molecule has 1 fully saturated rings. The second-order valence-corrected chi connectivity index (χ2v) is 10.7. The summed E-state index contributed by atoms with van der Waals surface area (Å²) >= 11 is 0. The zero-order chi connectivity index (χ0) is 25.4. The van der Waals surface area contributed by atoms with Crippen molar-refractivity contribution in [3.63, 3.8) is 0 Å². The zero-order valence-electron chi connectivity index (χ0n) is 21.3. The Bertz CT molecular complexity index is 1400. The number of nitrogens with one attached hydrogen (secondary N) is 1. The number of carbonyl (C=O) groups is 1. The minimum absolute atomic E-state index is 0.0480. The summed E-state index contributed by atoms with van der Waals surface area (Å²) in [6.45, 7) is 7.92. The number of Topliss-reactive ketones (excluding diaryl/α,β-unsaturated/α-hetero) is 1. The van der Waals surface area contributed by atoms with Crippen molar-refractivity contribution in [1.82, 2.24) is 19.6 Å². The smallest absolute Gasteiger partial charge is 0.177 e. The van der Waals surface area contributed by atoms with Crippen LogP contribution in [0, 0.1) is 18.8 Å². The van der Waals surface area contributed by atoms with E-state index in [0.717, 1.165) is 51.7 Å². The lowest BCUT2D eigenvalue weighted by atomic mass is 9.91. The van der Waals surface area contributed by atoms with E-state index in [2.05, 4.69) is 15.3 Å². The van der Waals surface area contributed by atoms with Crippen LogP contribution in [-0.4, -0.2) is 42.6 Å². The number of aromatic nitrogens is 4. The van der Waals surface area contributed by atoms with Crippen LogP contribution in [0.1, 0.15) is 56.0 Å². The Kier molecular flexibility index (Phi) is 6.35. The van der Waals surface area contributed by atoms with Gasteiger partial charge in [0.15, 0.2) is 11.4 Å². The molecule has 1 saturated carbocycles. The van der Waals surface area contributed by atoms with Crippen LogP contribution >= 0.6 is 0 Å². The van der Waals surface area contributed by atoms with E-state index in [1.807, 2.05) is 54.8 Å². The molecule has 4 aromatic rings. The fourth-order valence-corrected chi connectivity index (χ4v) is 4.60. The number of aliphatic hydroxyl groups is 1. The first-order chi connectivity index (χ1) is 17.2. The minimum Gasteiger partial charge on any atom is -0.389 e. The van der Waals surface area contributed by atoms with Crippen LogP contribution in [0.4, 0.5) is 5.69 Å². The fraction of sp³-hybridized carbons (Fsp3) is 0.379. The molecule has 1 atom stereocenters. The summed E-state index contributed by atoms with van der Waals surface area (Å²) in [6, 6.07) is 11.7. The Morgan fingerprint density at radius 3 is 2.58 bits per heavy atom. The molecule has 2 N–H and O–H groups in total. The molecule has 5 rings (SSSR count). The third kappa shape index (κ3) is 5.16. The van der Waals surface area contributed by atoms with Crippen LogP contribution in [0.15, 0.2) is 55.0 Å². The molecule has 0 saturated heterocycles. The van der Waals surface area contributed by atoms with Gasteiger partial charge in [-0.25, -0.2) is 9.50 Å². The molecule has 36 heavy (non-hydrogen) atoms. The summed E-state index contributed by atoms with van der Waals surface area (Å²) in [5.41, 5.74) is 5.78. The average molecular weight is 484 g/mol. The van der Waals surface area contributed by atoms with Crippen LogP contribution in [0.25, 0.3) is 28.2 Å². The Labute approximate surface area is 211 Å². The summed E-state index contributed by atoms with van der Waals surface area (Å²) < 4.78 is 1.83. The quantitative estimate of drug-likeness (QED) is 0.303. The number of hydrogen-bond acceptors (Lipinski definition) is 6. The van der Waals surface area contributed by atoms with Gasteiger partial charge < -0.3 is 10.4 Å². The van der Waals surface area contributed by atoms with Gasteiger partial charge in [0.2, 0.25) is 0 Å². The molecule has 1 aliphatic rings. The number of aryl methyl sites for hydroxylation is 1. The lowest BCUT2D eigenvalue weighted by Crippen LogP contribution is -2.29. The van der Waals surface area contributed by atoms with Gasteiger partial charge in [0.05, 0.1) is 28.9 Å². The number of anilines is 1. The highest BCUT2D eigenvalue weighted by Crippen LogP contribution is 2.36.